The van der Waals surface area contributed by atoms with Gasteiger partial charge in [0.25, 0.3) is 0 Å². The summed E-state index contributed by atoms with van der Waals surface area (Å²) in [5.41, 5.74) is 0.670. The normalized spacial score (nSPS) is 21.5. The molecule has 2 amide bonds. The summed E-state index contributed by atoms with van der Waals surface area (Å²) in [7, 11) is 1.58. The van der Waals surface area contributed by atoms with Crippen LogP contribution in [-0.2, 0) is 0 Å². The van der Waals surface area contributed by atoms with E-state index in [1.807, 2.05) is 12.1 Å². The van der Waals surface area contributed by atoms with Crippen molar-refractivity contribution in [2.75, 3.05) is 12.4 Å². The van der Waals surface area contributed by atoms with Gasteiger partial charge >= 0.3 is 6.03 Å². The quantitative estimate of drug-likeness (QED) is 0.875. The van der Waals surface area contributed by atoms with E-state index in [1.165, 1.54) is 0 Å². The maximum absolute atomic E-state index is 11.9. The van der Waals surface area contributed by atoms with Gasteiger partial charge < -0.3 is 15.4 Å². The third kappa shape index (κ3) is 3.38. The number of carbonyl (C=O) groups is 1. The van der Waals surface area contributed by atoms with Gasteiger partial charge in [0.05, 0.1) is 19.1 Å². The first-order chi connectivity index (χ1) is 9.22. The van der Waals surface area contributed by atoms with Crippen LogP contribution >= 0.6 is 0 Å². The molecule has 1 aromatic rings. The van der Waals surface area contributed by atoms with Gasteiger partial charge in [-0.2, -0.15) is 5.26 Å². The molecule has 1 aliphatic carbocycles. The standard InChI is InChI=1S/C14H17N3O2/c1-19-12-6-3-5-11(8-12)16-14(18)17-13-7-2-4-10(13)9-15/h3,5-6,8,10,13H,2,4,7H2,1H3,(H2,16,17,18). The summed E-state index contributed by atoms with van der Waals surface area (Å²) in [6, 6.07) is 9.07. The molecule has 1 aliphatic rings. The highest BCUT2D eigenvalue weighted by atomic mass is 16.5. The molecule has 5 nitrogen and oxygen atoms in total. The molecule has 1 saturated carbocycles. The molecule has 100 valence electrons. The SMILES string of the molecule is COc1cccc(NC(=O)NC2CCCC2C#N)c1. The van der Waals surface area contributed by atoms with Gasteiger partial charge in [-0.15, -0.1) is 0 Å². The molecule has 19 heavy (non-hydrogen) atoms. The number of ether oxygens (including phenoxy) is 1. The minimum Gasteiger partial charge on any atom is -0.497 e. The predicted molar refractivity (Wildman–Crippen MR) is 71.9 cm³/mol. The fraction of sp³-hybridized carbons (Fsp3) is 0.429. The number of nitriles is 1. The zero-order valence-electron chi connectivity index (χ0n) is 10.8. The van der Waals surface area contributed by atoms with Crippen molar-refractivity contribution in [3.8, 4) is 11.8 Å². The largest absolute Gasteiger partial charge is 0.497 e. The first-order valence-corrected chi connectivity index (χ1v) is 6.34. The number of carbonyl (C=O) groups excluding carboxylic acids is 1. The Morgan fingerprint density at radius 3 is 3.05 bits per heavy atom. The highest BCUT2D eigenvalue weighted by Crippen LogP contribution is 2.25. The van der Waals surface area contributed by atoms with Crippen molar-refractivity contribution in [2.45, 2.75) is 25.3 Å². The monoisotopic (exact) mass is 259 g/mol. The molecule has 0 bridgehead atoms. The molecule has 1 aromatic carbocycles. The van der Waals surface area contributed by atoms with Gasteiger partial charge in [-0.25, -0.2) is 4.79 Å². The molecule has 5 heteroatoms. The summed E-state index contributed by atoms with van der Waals surface area (Å²) in [6.07, 6.45) is 2.71. The molecule has 2 rings (SSSR count). The van der Waals surface area contributed by atoms with Crippen molar-refractivity contribution < 1.29 is 9.53 Å². The van der Waals surface area contributed by atoms with Crippen LogP contribution in [0.5, 0.6) is 5.75 Å². The number of hydrogen-bond acceptors (Lipinski definition) is 3. The number of benzene rings is 1. The molecule has 2 unspecified atom stereocenters. The Balaban J connectivity index is 1.92. The molecular weight excluding hydrogens is 242 g/mol. The Bertz CT molecular complexity index is 496. The predicted octanol–water partition coefficient (Wildman–Crippen LogP) is 2.51. The minimum atomic E-state index is -0.277. The van der Waals surface area contributed by atoms with Crippen molar-refractivity contribution in [1.82, 2.24) is 5.32 Å². The Morgan fingerprint density at radius 1 is 1.47 bits per heavy atom. The zero-order chi connectivity index (χ0) is 13.7. The molecule has 0 saturated heterocycles. The van der Waals surface area contributed by atoms with E-state index in [-0.39, 0.29) is 18.0 Å². The number of rotatable bonds is 3. The second-order valence-electron chi connectivity index (χ2n) is 4.60. The number of nitrogens with zero attached hydrogens (tertiary/aromatic N) is 1. The molecule has 2 N–H and O–H groups in total. The van der Waals surface area contributed by atoms with Gasteiger partial charge in [-0.05, 0) is 31.4 Å². The van der Waals surface area contributed by atoms with E-state index in [4.69, 9.17) is 10.00 Å². The van der Waals surface area contributed by atoms with Gasteiger partial charge in [-0.3, -0.25) is 0 Å². The second-order valence-corrected chi connectivity index (χ2v) is 4.60. The van der Waals surface area contributed by atoms with Crippen LogP contribution in [0.15, 0.2) is 24.3 Å². The number of amides is 2. The highest BCUT2D eigenvalue weighted by molar-refractivity contribution is 5.89. The van der Waals surface area contributed by atoms with E-state index in [1.54, 1.807) is 19.2 Å². The molecule has 0 spiro atoms. The second kappa shape index (κ2) is 6.10. The molecule has 0 radical (unpaired) electrons. The minimum absolute atomic E-state index is 0.0457. The Hall–Kier alpha value is -2.22. The number of anilines is 1. The van der Waals surface area contributed by atoms with Crippen molar-refractivity contribution >= 4 is 11.7 Å². The fourth-order valence-corrected chi connectivity index (χ4v) is 2.32. The first-order valence-electron chi connectivity index (χ1n) is 6.34. The molecule has 2 atom stereocenters. The average Bonchev–Trinajstić information content (AvgIpc) is 2.86. The highest BCUT2D eigenvalue weighted by Gasteiger charge is 2.28. The zero-order valence-corrected chi connectivity index (χ0v) is 10.8. The van der Waals surface area contributed by atoms with Crippen LogP contribution < -0.4 is 15.4 Å². The number of nitrogens with one attached hydrogen (secondary N) is 2. The van der Waals surface area contributed by atoms with Crippen LogP contribution in [0.1, 0.15) is 19.3 Å². The van der Waals surface area contributed by atoms with E-state index in [0.29, 0.717) is 11.4 Å². The topological polar surface area (TPSA) is 74.2 Å². The van der Waals surface area contributed by atoms with Gasteiger partial charge in [0.2, 0.25) is 0 Å². The van der Waals surface area contributed by atoms with E-state index in [0.717, 1.165) is 19.3 Å². The lowest BCUT2D eigenvalue weighted by Gasteiger charge is -2.16. The van der Waals surface area contributed by atoms with Gasteiger partial charge in [0.15, 0.2) is 0 Å². The third-order valence-electron chi connectivity index (χ3n) is 3.33. The smallest absolute Gasteiger partial charge is 0.319 e. The van der Waals surface area contributed by atoms with Crippen LogP contribution in [0.3, 0.4) is 0 Å². The maximum atomic E-state index is 11.9. The van der Waals surface area contributed by atoms with E-state index >= 15 is 0 Å². The van der Waals surface area contributed by atoms with Crippen LogP contribution in [-0.4, -0.2) is 19.2 Å². The van der Waals surface area contributed by atoms with Crippen molar-refractivity contribution in [2.24, 2.45) is 5.92 Å². The summed E-state index contributed by atoms with van der Waals surface area (Å²) in [6.45, 7) is 0. The van der Waals surface area contributed by atoms with Crippen molar-refractivity contribution in [3.63, 3.8) is 0 Å². The van der Waals surface area contributed by atoms with Crippen LogP contribution in [0, 0.1) is 17.2 Å². The summed E-state index contributed by atoms with van der Waals surface area (Å²) in [4.78, 5) is 11.9. The molecule has 0 heterocycles. The molecule has 1 fully saturated rings. The Kier molecular flexibility index (Phi) is 4.24. The number of urea groups is 1. The molecular formula is C14H17N3O2. The fourth-order valence-electron chi connectivity index (χ4n) is 2.32. The summed E-state index contributed by atoms with van der Waals surface area (Å²) >= 11 is 0. The lowest BCUT2D eigenvalue weighted by atomic mass is 10.1. The molecule has 0 aromatic heterocycles. The Labute approximate surface area is 112 Å². The van der Waals surface area contributed by atoms with Crippen LogP contribution in [0.25, 0.3) is 0 Å². The van der Waals surface area contributed by atoms with E-state index in [9.17, 15) is 4.79 Å². The van der Waals surface area contributed by atoms with Gasteiger partial charge in [0.1, 0.15) is 5.75 Å². The first kappa shape index (κ1) is 13.2. The molecule has 0 aliphatic heterocycles. The van der Waals surface area contributed by atoms with Crippen molar-refractivity contribution in [1.29, 1.82) is 5.26 Å². The third-order valence-corrected chi connectivity index (χ3v) is 3.33. The maximum Gasteiger partial charge on any atom is 0.319 e. The lowest BCUT2D eigenvalue weighted by Crippen LogP contribution is -2.39. The summed E-state index contributed by atoms with van der Waals surface area (Å²) in [5, 5.41) is 14.6. The van der Waals surface area contributed by atoms with Crippen molar-refractivity contribution in [3.05, 3.63) is 24.3 Å². The van der Waals surface area contributed by atoms with Gasteiger partial charge in [0, 0.05) is 17.8 Å². The summed E-state index contributed by atoms with van der Waals surface area (Å²) < 4.78 is 5.09. The summed E-state index contributed by atoms with van der Waals surface area (Å²) in [5.74, 6) is 0.615. The van der Waals surface area contributed by atoms with E-state index < -0.39 is 0 Å². The number of hydrogen-bond donors (Lipinski definition) is 2. The van der Waals surface area contributed by atoms with Gasteiger partial charge in [-0.1, -0.05) is 6.07 Å². The van der Waals surface area contributed by atoms with Crippen LogP contribution in [0.4, 0.5) is 10.5 Å². The lowest BCUT2D eigenvalue weighted by molar-refractivity contribution is 0.247. The Morgan fingerprint density at radius 2 is 2.32 bits per heavy atom. The van der Waals surface area contributed by atoms with Crippen LogP contribution in [0.2, 0.25) is 0 Å². The number of methoxy groups -OCH3 is 1. The van der Waals surface area contributed by atoms with E-state index in [2.05, 4.69) is 16.7 Å². The average molecular weight is 259 g/mol.